The Morgan fingerprint density at radius 2 is 2.11 bits per heavy atom. The quantitative estimate of drug-likeness (QED) is 0.898. The summed E-state index contributed by atoms with van der Waals surface area (Å²) in [7, 11) is 0. The average molecular weight is 245 g/mol. The van der Waals surface area contributed by atoms with Crippen LogP contribution in [0.3, 0.4) is 0 Å². The molecule has 1 fully saturated rings. The highest BCUT2D eigenvalue weighted by Gasteiger charge is 2.30. The van der Waals surface area contributed by atoms with E-state index in [2.05, 4.69) is 23.5 Å². The van der Waals surface area contributed by atoms with Crippen LogP contribution in [0.15, 0.2) is 12.4 Å². The molecule has 2 N–H and O–H groups in total. The molecule has 1 saturated carbocycles. The van der Waals surface area contributed by atoms with Crippen LogP contribution in [-0.4, -0.2) is 19.3 Å². The van der Waals surface area contributed by atoms with Gasteiger partial charge in [-0.1, -0.05) is 0 Å². The number of hydrogen-bond acceptors (Lipinski definition) is 3. The normalized spacial score (nSPS) is 15.2. The molecule has 0 saturated heterocycles. The number of aromatic nitrogens is 4. The van der Waals surface area contributed by atoms with Crippen LogP contribution in [0.5, 0.6) is 0 Å². The molecule has 2 aromatic rings. The second-order valence-electron chi connectivity index (χ2n) is 4.81. The molecular weight excluding hydrogens is 226 g/mol. The molecule has 3 rings (SSSR count). The SMILES string of the molecule is CCn1cc(-c2nc(C3CC3)n(CC)c2N)cn1. The van der Waals surface area contributed by atoms with E-state index in [9.17, 15) is 0 Å². The third-order valence-corrected chi connectivity index (χ3v) is 3.53. The molecule has 0 spiro atoms. The fraction of sp³-hybridized carbons (Fsp3) is 0.538. The van der Waals surface area contributed by atoms with Crippen molar-refractivity contribution >= 4 is 5.82 Å². The largest absolute Gasteiger partial charge is 0.383 e. The van der Waals surface area contributed by atoms with Crippen molar-refractivity contribution in [3.05, 3.63) is 18.2 Å². The minimum atomic E-state index is 0.613. The number of nitrogen functional groups attached to an aromatic ring is 1. The molecule has 0 amide bonds. The first kappa shape index (κ1) is 11.3. The van der Waals surface area contributed by atoms with Crippen LogP contribution in [0.1, 0.15) is 38.4 Å². The second kappa shape index (κ2) is 4.15. The van der Waals surface area contributed by atoms with Gasteiger partial charge in [-0.05, 0) is 26.7 Å². The zero-order valence-corrected chi connectivity index (χ0v) is 10.9. The molecule has 0 bridgehead atoms. The molecule has 5 heteroatoms. The number of nitrogens with two attached hydrogens (primary N) is 1. The van der Waals surface area contributed by atoms with Gasteiger partial charge < -0.3 is 10.3 Å². The zero-order chi connectivity index (χ0) is 12.7. The van der Waals surface area contributed by atoms with Gasteiger partial charge in [0, 0.05) is 30.8 Å². The molecule has 2 heterocycles. The molecule has 0 radical (unpaired) electrons. The third kappa shape index (κ3) is 1.70. The van der Waals surface area contributed by atoms with Gasteiger partial charge in [-0.15, -0.1) is 0 Å². The lowest BCUT2D eigenvalue weighted by atomic mass is 10.2. The van der Waals surface area contributed by atoms with Crippen molar-refractivity contribution in [1.29, 1.82) is 0 Å². The van der Waals surface area contributed by atoms with Crippen molar-refractivity contribution in [1.82, 2.24) is 19.3 Å². The molecule has 1 aliphatic rings. The number of hydrogen-bond donors (Lipinski definition) is 1. The summed E-state index contributed by atoms with van der Waals surface area (Å²) in [6, 6.07) is 0. The predicted molar refractivity (Wildman–Crippen MR) is 71.2 cm³/mol. The monoisotopic (exact) mass is 245 g/mol. The number of aryl methyl sites for hydroxylation is 1. The molecule has 96 valence electrons. The summed E-state index contributed by atoms with van der Waals surface area (Å²) in [6.07, 6.45) is 6.34. The molecule has 0 aliphatic heterocycles. The van der Waals surface area contributed by atoms with Gasteiger partial charge in [0.2, 0.25) is 0 Å². The van der Waals surface area contributed by atoms with Gasteiger partial charge >= 0.3 is 0 Å². The second-order valence-corrected chi connectivity index (χ2v) is 4.81. The smallest absolute Gasteiger partial charge is 0.131 e. The van der Waals surface area contributed by atoms with Crippen molar-refractivity contribution in [3.63, 3.8) is 0 Å². The lowest BCUT2D eigenvalue weighted by Crippen LogP contribution is -2.04. The minimum absolute atomic E-state index is 0.613. The molecule has 0 atom stereocenters. The third-order valence-electron chi connectivity index (χ3n) is 3.53. The first-order valence-electron chi connectivity index (χ1n) is 6.63. The van der Waals surface area contributed by atoms with Crippen LogP contribution in [0.4, 0.5) is 5.82 Å². The van der Waals surface area contributed by atoms with E-state index in [1.807, 2.05) is 17.1 Å². The molecule has 0 aromatic carbocycles. The standard InChI is InChI=1S/C13H19N5/c1-3-17-8-10(7-15-17)11-12(14)18(4-2)13(16-11)9-5-6-9/h7-9H,3-6,14H2,1-2H3. The van der Waals surface area contributed by atoms with Gasteiger partial charge in [0.05, 0.1) is 6.20 Å². The Bertz CT molecular complexity index is 562. The maximum Gasteiger partial charge on any atom is 0.131 e. The number of imidazole rings is 1. The molecule has 5 nitrogen and oxygen atoms in total. The van der Waals surface area contributed by atoms with E-state index >= 15 is 0 Å². The van der Waals surface area contributed by atoms with Crippen LogP contribution < -0.4 is 5.73 Å². The topological polar surface area (TPSA) is 61.7 Å². The first-order chi connectivity index (χ1) is 8.74. The Kier molecular flexibility index (Phi) is 2.61. The van der Waals surface area contributed by atoms with Crippen molar-refractivity contribution in [2.45, 2.75) is 45.7 Å². The van der Waals surface area contributed by atoms with Crippen LogP contribution >= 0.6 is 0 Å². The van der Waals surface area contributed by atoms with E-state index in [1.165, 1.54) is 12.8 Å². The first-order valence-corrected chi connectivity index (χ1v) is 6.63. The lowest BCUT2D eigenvalue weighted by Gasteiger charge is -2.04. The summed E-state index contributed by atoms with van der Waals surface area (Å²) < 4.78 is 4.03. The van der Waals surface area contributed by atoms with Crippen LogP contribution in [-0.2, 0) is 13.1 Å². The van der Waals surface area contributed by atoms with E-state index in [1.54, 1.807) is 0 Å². The molecular formula is C13H19N5. The Labute approximate surface area is 107 Å². The Morgan fingerprint density at radius 3 is 2.67 bits per heavy atom. The van der Waals surface area contributed by atoms with Gasteiger partial charge in [-0.3, -0.25) is 4.68 Å². The number of anilines is 1. The Morgan fingerprint density at radius 1 is 1.33 bits per heavy atom. The highest BCUT2D eigenvalue weighted by atomic mass is 15.3. The van der Waals surface area contributed by atoms with Gasteiger partial charge in [-0.25, -0.2) is 4.98 Å². The van der Waals surface area contributed by atoms with Gasteiger partial charge in [0.15, 0.2) is 0 Å². The van der Waals surface area contributed by atoms with E-state index in [-0.39, 0.29) is 0 Å². The van der Waals surface area contributed by atoms with E-state index < -0.39 is 0 Å². The fourth-order valence-corrected chi connectivity index (χ4v) is 2.34. The summed E-state index contributed by atoms with van der Waals surface area (Å²) >= 11 is 0. The number of nitrogens with zero attached hydrogens (tertiary/aromatic N) is 4. The highest BCUT2D eigenvalue weighted by Crippen LogP contribution is 2.42. The van der Waals surface area contributed by atoms with Crippen LogP contribution in [0.25, 0.3) is 11.3 Å². The molecule has 0 unspecified atom stereocenters. The molecule has 18 heavy (non-hydrogen) atoms. The van der Waals surface area contributed by atoms with E-state index in [0.29, 0.717) is 5.92 Å². The van der Waals surface area contributed by atoms with E-state index in [0.717, 1.165) is 36.0 Å². The van der Waals surface area contributed by atoms with Gasteiger partial charge in [-0.2, -0.15) is 5.10 Å². The van der Waals surface area contributed by atoms with Gasteiger partial charge in [0.25, 0.3) is 0 Å². The fourth-order valence-electron chi connectivity index (χ4n) is 2.34. The molecule has 2 aromatic heterocycles. The average Bonchev–Trinajstić information content (AvgIpc) is 3.01. The summed E-state index contributed by atoms with van der Waals surface area (Å²) in [4.78, 5) is 4.75. The Hall–Kier alpha value is -1.78. The van der Waals surface area contributed by atoms with Crippen molar-refractivity contribution in [3.8, 4) is 11.3 Å². The zero-order valence-electron chi connectivity index (χ0n) is 10.9. The van der Waals surface area contributed by atoms with Crippen molar-refractivity contribution in [2.75, 3.05) is 5.73 Å². The summed E-state index contributed by atoms with van der Waals surface area (Å²) in [5.41, 5.74) is 8.13. The maximum absolute atomic E-state index is 6.23. The number of rotatable bonds is 4. The predicted octanol–water partition coefficient (Wildman–Crippen LogP) is 2.25. The van der Waals surface area contributed by atoms with Crippen molar-refractivity contribution in [2.24, 2.45) is 0 Å². The summed E-state index contributed by atoms with van der Waals surface area (Å²) in [6.45, 7) is 5.93. The van der Waals surface area contributed by atoms with Crippen LogP contribution in [0.2, 0.25) is 0 Å². The summed E-state index contributed by atoms with van der Waals surface area (Å²) in [5.74, 6) is 2.53. The minimum Gasteiger partial charge on any atom is -0.383 e. The lowest BCUT2D eigenvalue weighted by molar-refractivity contribution is 0.660. The van der Waals surface area contributed by atoms with Gasteiger partial charge in [0.1, 0.15) is 17.3 Å². The molecule has 1 aliphatic carbocycles. The Balaban J connectivity index is 2.05. The highest BCUT2D eigenvalue weighted by molar-refractivity contribution is 5.70. The van der Waals surface area contributed by atoms with E-state index in [4.69, 9.17) is 10.7 Å². The van der Waals surface area contributed by atoms with Crippen molar-refractivity contribution < 1.29 is 0 Å². The van der Waals surface area contributed by atoms with Crippen LogP contribution in [0, 0.1) is 0 Å². The summed E-state index contributed by atoms with van der Waals surface area (Å²) in [5, 5.41) is 4.29. The maximum atomic E-state index is 6.23.